The first-order valence-electron chi connectivity index (χ1n) is 11.2. The zero-order valence-corrected chi connectivity index (χ0v) is 16.7. The molecular formula is C26H34O. The average Bonchev–Trinajstić information content (AvgIpc) is 3.51. The van der Waals surface area contributed by atoms with Crippen LogP contribution in [0.1, 0.15) is 77.0 Å². The van der Waals surface area contributed by atoms with E-state index in [1.54, 1.807) is 22.3 Å². The fourth-order valence-corrected chi connectivity index (χ4v) is 5.18. The third-order valence-electron chi connectivity index (χ3n) is 6.60. The highest BCUT2D eigenvalue weighted by molar-refractivity contribution is 5.31. The summed E-state index contributed by atoms with van der Waals surface area (Å²) in [5, 5.41) is 0. The summed E-state index contributed by atoms with van der Waals surface area (Å²) < 4.78 is 5.86. The second kappa shape index (κ2) is 9.44. The molecule has 1 nitrogen and oxygen atoms in total. The van der Waals surface area contributed by atoms with E-state index in [-0.39, 0.29) is 0 Å². The van der Waals surface area contributed by atoms with Crippen LogP contribution in [0.3, 0.4) is 0 Å². The number of hydrogen-bond acceptors (Lipinski definition) is 1. The third kappa shape index (κ3) is 4.75. The van der Waals surface area contributed by atoms with Gasteiger partial charge in [-0.1, -0.05) is 46.6 Å². The number of allylic oxidation sites excluding steroid dienone is 10. The average molecular weight is 363 g/mol. The minimum absolute atomic E-state index is 0.481. The standard InChI is InChI=1S/C26H34O/c1-2-10-21(9-1)25(22-11-3-4-12-22)17-19-27-20-18-26(23-13-5-6-14-23)24-15-7-8-16-24/h9,11,13,15,17-20,25-26H,1-8,10,12,14,16H2. The molecule has 0 bridgehead atoms. The Kier molecular flexibility index (Phi) is 6.50. The molecule has 0 fully saturated rings. The molecule has 4 aliphatic rings. The normalized spacial score (nSPS) is 23.0. The van der Waals surface area contributed by atoms with Gasteiger partial charge in [-0.15, -0.1) is 0 Å². The van der Waals surface area contributed by atoms with Gasteiger partial charge in [0.15, 0.2) is 0 Å². The number of rotatable bonds is 8. The number of hydrogen-bond donors (Lipinski definition) is 0. The molecular weight excluding hydrogens is 328 g/mol. The highest BCUT2D eigenvalue weighted by atomic mass is 16.5. The van der Waals surface area contributed by atoms with E-state index in [9.17, 15) is 0 Å². The van der Waals surface area contributed by atoms with Crippen molar-refractivity contribution in [3.05, 3.63) is 71.3 Å². The van der Waals surface area contributed by atoms with Gasteiger partial charge in [0.25, 0.3) is 0 Å². The van der Waals surface area contributed by atoms with Crippen molar-refractivity contribution in [1.29, 1.82) is 0 Å². The Morgan fingerprint density at radius 1 is 0.556 bits per heavy atom. The van der Waals surface area contributed by atoms with Gasteiger partial charge in [-0.2, -0.15) is 0 Å². The van der Waals surface area contributed by atoms with Gasteiger partial charge >= 0.3 is 0 Å². The molecule has 0 atom stereocenters. The van der Waals surface area contributed by atoms with Crippen molar-refractivity contribution in [1.82, 2.24) is 0 Å². The fourth-order valence-electron chi connectivity index (χ4n) is 5.18. The Morgan fingerprint density at radius 2 is 0.889 bits per heavy atom. The van der Waals surface area contributed by atoms with Gasteiger partial charge in [0.1, 0.15) is 0 Å². The predicted octanol–water partition coefficient (Wildman–Crippen LogP) is 7.70. The molecule has 0 unspecified atom stereocenters. The lowest BCUT2D eigenvalue weighted by molar-refractivity contribution is 0.395. The quantitative estimate of drug-likeness (QED) is 0.317. The Labute approximate surface area is 165 Å². The van der Waals surface area contributed by atoms with Crippen molar-refractivity contribution in [2.45, 2.75) is 77.0 Å². The molecule has 0 saturated carbocycles. The minimum atomic E-state index is 0.481. The summed E-state index contributed by atoms with van der Waals surface area (Å²) in [7, 11) is 0. The van der Waals surface area contributed by atoms with Crippen LogP contribution < -0.4 is 0 Å². The summed E-state index contributed by atoms with van der Waals surface area (Å²) in [5.41, 5.74) is 6.43. The lowest BCUT2D eigenvalue weighted by Gasteiger charge is -2.17. The largest absolute Gasteiger partial charge is 0.473 e. The second-order valence-corrected chi connectivity index (χ2v) is 8.43. The van der Waals surface area contributed by atoms with Gasteiger partial charge in [-0.3, -0.25) is 0 Å². The van der Waals surface area contributed by atoms with E-state index in [1.807, 2.05) is 12.5 Å². The monoisotopic (exact) mass is 362 g/mol. The van der Waals surface area contributed by atoms with Crippen molar-refractivity contribution >= 4 is 0 Å². The Bertz CT molecular complexity index is 590. The van der Waals surface area contributed by atoms with Crippen molar-refractivity contribution < 1.29 is 4.74 Å². The molecule has 0 amide bonds. The van der Waals surface area contributed by atoms with Crippen molar-refractivity contribution in [3.8, 4) is 0 Å². The van der Waals surface area contributed by atoms with Crippen molar-refractivity contribution in [2.24, 2.45) is 11.8 Å². The predicted molar refractivity (Wildman–Crippen MR) is 114 cm³/mol. The summed E-state index contributed by atoms with van der Waals surface area (Å²) in [6, 6.07) is 0. The van der Waals surface area contributed by atoms with Gasteiger partial charge in [0.05, 0.1) is 12.5 Å². The molecule has 1 heteroatoms. The molecule has 0 spiro atoms. The molecule has 27 heavy (non-hydrogen) atoms. The zero-order chi connectivity index (χ0) is 18.3. The topological polar surface area (TPSA) is 9.23 Å². The van der Waals surface area contributed by atoms with Gasteiger partial charge in [0, 0.05) is 11.8 Å². The molecule has 0 saturated heterocycles. The lowest BCUT2D eigenvalue weighted by atomic mass is 9.89. The molecule has 4 aliphatic carbocycles. The first-order chi connectivity index (χ1) is 13.4. The van der Waals surface area contributed by atoms with Crippen molar-refractivity contribution in [3.63, 3.8) is 0 Å². The van der Waals surface area contributed by atoms with Crippen LogP contribution in [0.2, 0.25) is 0 Å². The Hall–Kier alpha value is -1.76. The van der Waals surface area contributed by atoms with Crippen molar-refractivity contribution in [2.75, 3.05) is 0 Å². The summed E-state index contributed by atoms with van der Waals surface area (Å²) in [4.78, 5) is 0. The van der Waals surface area contributed by atoms with Crippen LogP contribution in [0.15, 0.2) is 71.3 Å². The van der Waals surface area contributed by atoms with E-state index in [0.29, 0.717) is 11.8 Å². The van der Waals surface area contributed by atoms with E-state index >= 15 is 0 Å². The van der Waals surface area contributed by atoms with Gasteiger partial charge in [-0.25, -0.2) is 0 Å². The minimum Gasteiger partial charge on any atom is -0.473 e. The second-order valence-electron chi connectivity index (χ2n) is 8.43. The van der Waals surface area contributed by atoms with E-state index in [2.05, 4.69) is 36.5 Å². The zero-order valence-electron chi connectivity index (χ0n) is 16.7. The van der Waals surface area contributed by atoms with Crippen LogP contribution in [-0.4, -0.2) is 0 Å². The SMILES string of the molecule is C(=CC(C1=CCCC1)C1=CCCC1)OC=CC(C1=CCCC1)C1=CCCC1. The van der Waals surface area contributed by atoms with Crippen LogP contribution in [0.25, 0.3) is 0 Å². The number of ether oxygens (including phenoxy) is 1. The van der Waals surface area contributed by atoms with E-state index in [4.69, 9.17) is 4.74 Å². The molecule has 0 N–H and O–H groups in total. The Morgan fingerprint density at radius 3 is 1.15 bits per heavy atom. The molecule has 0 aromatic rings. The lowest BCUT2D eigenvalue weighted by Crippen LogP contribution is -2.03. The van der Waals surface area contributed by atoms with Crippen LogP contribution in [0.4, 0.5) is 0 Å². The molecule has 144 valence electrons. The van der Waals surface area contributed by atoms with Crippen LogP contribution in [0, 0.1) is 11.8 Å². The maximum atomic E-state index is 5.86. The first kappa shape index (κ1) is 18.6. The van der Waals surface area contributed by atoms with E-state index < -0.39 is 0 Å². The van der Waals surface area contributed by atoms with Gasteiger partial charge in [0.2, 0.25) is 0 Å². The van der Waals surface area contributed by atoms with Gasteiger partial charge < -0.3 is 4.74 Å². The molecule has 4 rings (SSSR count). The molecule has 0 aromatic carbocycles. The highest BCUT2D eigenvalue weighted by Crippen LogP contribution is 2.37. The van der Waals surface area contributed by atoms with E-state index in [1.165, 1.54) is 77.0 Å². The van der Waals surface area contributed by atoms with Crippen LogP contribution >= 0.6 is 0 Å². The summed E-state index contributed by atoms with van der Waals surface area (Å²) in [6.07, 6.45) is 33.6. The molecule has 0 heterocycles. The summed E-state index contributed by atoms with van der Waals surface area (Å²) in [5.74, 6) is 0.962. The van der Waals surface area contributed by atoms with E-state index in [0.717, 1.165) is 0 Å². The first-order valence-corrected chi connectivity index (χ1v) is 11.2. The van der Waals surface area contributed by atoms with Gasteiger partial charge in [-0.05, 0) is 89.2 Å². The fraction of sp³-hybridized carbons (Fsp3) is 0.538. The highest BCUT2D eigenvalue weighted by Gasteiger charge is 2.22. The molecule has 0 aliphatic heterocycles. The van der Waals surface area contributed by atoms with Crippen LogP contribution in [0.5, 0.6) is 0 Å². The maximum absolute atomic E-state index is 5.86. The molecule has 0 radical (unpaired) electrons. The maximum Gasteiger partial charge on any atom is 0.0870 e. The summed E-state index contributed by atoms with van der Waals surface area (Å²) in [6.45, 7) is 0. The molecule has 0 aromatic heterocycles. The third-order valence-corrected chi connectivity index (χ3v) is 6.60. The van der Waals surface area contributed by atoms with Crippen LogP contribution in [-0.2, 0) is 4.74 Å². The smallest absolute Gasteiger partial charge is 0.0870 e. The Balaban J connectivity index is 1.38. The summed E-state index contributed by atoms with van der Waals surface area (Å²) >= 11 is 0.